The van der Waals surface area contributed by atoms with Gasteiger partial charge in [0.05, 0.1) is 80.2 Å². The Kier molecular flexibility index (Phi) is 72.7. The molecule has 8 atom stereocenters. The lowest BCUT2D eigenvalue weighted by atomic mass is 9.91. The second-order valence-electron chi connectivity index (χ2n) is 18.5. The minimum absolute atomic E-state index is 0.0426. The van der Waals surface area contributed by atoms with Crippen LogP contribution in [0, 0.1) is 52.3 Å². The van der Waals surface area contributed by atoms with Gasteiger partial charge in [0.25, 0.3) is 0 Å². The van der Waals surface area contributed by atoms with Crippen molar-refractivity contribution >= 4 is 41.8 Å². The van der Waals surface area contributed by atoms with Crippen molar-refractivity contribution < 1.29 is 82.0 Å². The number of unbranched alkanes of at least 4 members (excludes halogenated alkanes) is 3. The molecule has 75 heavy (non-hydrogen) atoms. The van der Waals surface area contributed by atoms with Gasteiger partial charge >= 0.3 is 41.8 Å². The molecule has 3 N–H and O–H groups in total. The quantitative estimate of drug-likeness (QED) is 0.0371. The summed E-state index contributed by atoms with van der Waals surface area (Å²) in [6, 6.07) is 2.11. The van der Waals surface area contributed by atoms with Crippen LogP contribution in [0.5, 0.6) is 0 Å². The molecule has 448 valence electrons. The van der Waals surface area contributed by atoms with E-state index in [4.69, 9.17) is 39.5 Å². The maximum absolute atomic E-state index is 11.2. The second kappa shape index (κ2) is 62.4. The minimum Gasteiger partial charge on any atom is -0.469 e. The van der Waals surface area contributed by atoms with Crippen LogP contribution in [0.4, 0.5) is 0 Å². The molecular weight excluding hydrogens is 971 g/mol. The molecule has 1 rings (SSSR count). The number of aliphatic hydroxyl groups excluding tert-OH is 3. The van der Waals surface area contributed by atoms with Gasteiger partial charge < -0.3 is 48.5 Å². The molecule has 1 aliphatic rings. The largest absolute Gasteiger partial charge is 0.469 e. The monoisotopic (exact) mass is 1080 g/mol. The minimum atomic E-state index is -0.421. The molecule has 0 aromatic rings. The van der Waals surface area contributed by atoms with Crippen LogP contribution in [0.3, 0.4) is 0 Å². The summed E-state index contributed by atoms with van der Waals surface area (Å²) in [6.45, 7) is 39.1. The van der Waals surface area contributed by atoms with Crippen LogP contribution in [-0.2, 0) is 66.7 Å². The summed E-state index contributed by atoms with van der Waals surface area (Å²) in [6.07, 6.45) is 11.7. The van der Waals surface area contributed by atoms with E-state index < -0.39 is 17.4 Å². The molecule has 1 aliphatic heterocycles. The molecule has 18 nitrogen and oxygen atoms in total. The van der Waals surface area contributed by atoms with Crippen molar-refractivity contribution in [2.24, 2.45) is 40.9 Å². The Hall–Kier alpha value is -4.18. The van der Waals surface area contributed by atoms with E-state index >= 15 is 0 Å². The standard InChI is InChI=1S/C11H22O2.C8H16O3.C7H14O3.C6H8O3.2C6H12O2.C5H9N.2C4H10O/c1-4-6-7-8-9-13-11(12)10(3)5-2;1-4-8(2,3)7(10)11-6-5-9;1-3-6(2)7(9)10-5-4-8;1-3-4(2)6(8)9-5(3)7;1-4-5(2)6(7)8-3;1-4-5(2)8-6(3)7;1-3-5(2)4-6;1-3-4-5-2;1-3-4(2)5/h10H,4-9H2,1-3H3;9H,4-6H2,1-3H3;6,8H,3-5H2,1-2H3;3-4H,1-2H3;2*5H,4H2,1-3H3;5H,3H2,1-2H3;3-4H2,1-2H3;4-5H,3H2,1-2H3. The van der Waals surface area contributed by atoms with E-state index in [1.807, 2.05) is 90.0 Å². The predicted molar refractivity (Wildman–Crippen MR) is 296 cm³/mol. The highest BCUT2D eigenvalue weighted by Gasteiger charge is 2.37. The Balaban J connectivity index is -0.000000114. The van der Waals surface area contributed by atoms with Crippen molar-refractivity contribution in [3.63, 3.8) is 0 Å². The van der Waals surface area contributed by atoms with E-state index in [1.54, 1.807) is 34.8 Å². The molecule has 0 aromatic heterocycles. The average Bonchev–Trinajstić information content (AvgIpc) is 3.62. The maximum atomic E-state index is 11.2. The number of methoxy groups -OCH3 is 2. The van der Waals surface area contributed by atoms with Gasteiger partial charge in [-0.1, -0.05) is 116 Å². The number of carbonyl (C=O) groups is 7. The lowest BCUT2D eigenvalue weighted by Crippen LogP contribution is -2.26. The molecule has 8 unspecified atom stereocenters. The topological polar surface area (TPSA) is 269 Å². The molecule has 0 aliphatic carbocycles. The molecule has 1 heterocycles. The summed E-state index contributed by atoms with van der Waals surface area (Å²) >= 11 is 0. The van der Waals surface area contributed by atoms with Gasteiger partial charge in [0, 0.05) is 26.6 Å². The van der Waals surface area contributed by atoms with Crippen molar-refractivity contribution in [1.29, 1.82) is 5.26 Å². The van der Waals surface area contributed by atoms with Crippen LogP contribution in [0.2, 0.25) is 0 Å². The first kappa shape index (κ1) is 87.5. The number of cyclic esters (lactones) is 2. The van der Waals surface area contributed by atoms with Crippen LogP contribution < -0.4 is 0 Å². The number of hydrogen-bond donors (Lipinski definition) is 3. The van der Waals surface area contributed by atoms with Crippen LogP contribution in [-0.4, -0.2) is 123 Å². The van der Waals surface area contributed by atoms with Gasteiger partial charge in [0.15, 0.2) is 0 Å². The van der Waals surface area contributed by atoms with E-state index in [9.17, 15) is 33.6 Å². The molecule has 1 saturated heterocycles. The van der Waals surface area contributed by atoms with E-state index in [1.165, 1.54) is 33.3 Å². The molecule has 0 amide bonds. The lowest BCUT2D eigenvalue weighted by Gasteiger charge is -2.19. The van der Waals surface area contributed by atoms with E-state index in [0.717, 1.165) is 64.4 Å². The Morgan fingerprint density at radius 2 is 1.03 bits per heavy atom. The fourth-order valence-electron chi connectivity index (χ4n) is 3.67. The van der Waals surface area contributed by atoms with E-state index in [0.29, 0.717) is 6.61 Å². The first-order valence-corrected chi connectivity index (χ1v) is 27.3. The number of nitriles is 1. The summed E-state index contributed by atoms with van der Waals surface area (Å²) in [5.41, 5.74) is -0.421. The molecular formula is C57H113NO17. The third-order valence-electron chi connectivity index (χ3n) is 11.1. The van der Waals surface area contributed by atoms with Gasteiger partial charge in [-0.2, -0.15) is 5.26 Å². The number of esters is 7. The predicted octanol–water partition coefficient (Wildman–Crippen LogP) is 11.0. The van der Waals surface area contributed by atoms with Gasteiger partial charge in [0.1, 0.15) is 13.2 Å². The number of carbonyl (C=O) groups excluding carboxylic acids is 7. The maximum Gasteiger partial charge on any atom is 0.317 e. The Bertz CT molecular complexity index is 1380. The van der Waals surface area contributed by atoms with Crippen LogP contribution in [0.25, 0.3) is 0 Å². The van der Waals surface area contributed by atoms with Crippen LogP contribution in [0.1, 0.15) is 216 Å². The summed E-state index contributed by atoms with van der Waals surface area (Å²) in [5.74, 6) is -1.81. The summed E-state index contributed by atoms with van der Waals surface area (Å²) in [7, 11) is 3.12. The zero-order valence-electron chi connectivity index (χ0n) is 51.4. The lowest BCUT2D eigenvalue weighted by molar-refractivity contribution is -0.155. The Morgan fingerprint density at radius 1 is 0.613 bits per heavy atom. The molecule has 18 heteroatoms. The van der Waals surface area contributed by atoms with Crippen molar-refractivity contribution in [1.82, 2.24) is 0 Å². The van der Waals surface area contributed by atoms with Crippen LogP contribution >= 0.6 is 0 Å². The number of aliphatic hydroxyl groups is 3. The highest BCUT2D eigenvalue weighted by atomic mass is 16.6. The number of ether oxygens (including phenoxy) is 7. The molecule has 0 spiro atoms. The fourth-order valence-corrected chi connectivity index (χ4v) is 3.67. The Morgan fingerprint density at radius 3 is 1.24 bits per heavy atom. The zero-order chi connectivity index (χ0) is 60.5. The third-order valence-corrected chi connectivity index (χ3v) is 11.1. The van der Waals surface area contributed by atoms with Crippen molar-refractivity contribution in [2.75, 3.05) is 53.9 Å². The van der Waals surface area contributed by atoms with Gasteiger partial charge in [0.2, 0.25) is 0 Å². The molecule has 0 aromatic carbocycles. The molecule has 0 saturated carbocycles. The Labute approximate surface area is 456 Å². The van der Waals surface area contributed by atoms with E-state index in [2.05, 4.69) is 34.1 Å². The van der Waals surface area contributed by atoms with Gasteiger partial charge in [-0.3, -0.25) is 33.6 Å². The average molecular weight is 1080 g/mol. The molecule has 0 radical (unpaired) electrons. The molecule has 0 bridgehead atoms. The normalized spacial score (nSPS) is 15.0. The first-order valence-electron chi connectivity index (χ1n) is 27.3. The summed E-state index contributed by atoms with van der Waals surface area (Å²) in [5, 5.41) is 33.1. The third kappa shape index (κ3) is 65.9. The summed E-state index contributed by atoms with van der Waals surface area (Å²) in [4.78, 5) is 74.9. The van der Waals surface area contributed by atoms with Crippen LogP contribution in [0.15, 0.2) is 0 Å². The fraction of sp³-hybridized carbons (Fsp3) is 0.860. The van der Waals surface area contributed by atoms with E-state index in [-0.39, 0.29) is 104 Å². The van der Waals surface area contributed by atoms with Gasteiger partial charge in [-0.25, -0.2) is 0 Å². The van der Waals surface area contributed by atoms with Gasteiger partial charge in [-0.15, -0.1) is 0 Å². The number of nitrogens with zero attached hydrogens (tertiary/aromatic N) is 1. The van der Waals surface area contributed by atoms with Gasteiger partial charge in [-0.05, 0) is 92.4 Å². The highest BCUT2D eigenvalue weighted by molar-refractivity contribution is 5.95. The summed E-state index contributed by atoms with van der Waals surface area (Å²) < 4.78 is 32.7. The van der Waals surface area contributed by atoms with Crippen molar-refractivity contribution in [3.8, 4) is 6.07 Å². The second-order valence-corrected chi connectivity index (χ2v) is 18.5. The zero-order valence-corrected chi connectivity index (χ0v) is 51.4. The van der Waals surface area contributed by atoms with Crippen molar-refractivity contribution in [2.45, 2.75) is 228 Å². The smallest absolute Gasteiger partial charge is 0.317 e. The number of hydrogen-bond acceptors (Lipinski definition) is 18. The number of rotatable bonds is 23. The SMILES string of the molecule is CC1C(=O)OC(=O)C1C.CCC(C)(C)C(=O)OCCO.CCC(C)C#N.CCC(C)C(=O)OC.CCC(C)C(=O)OCCO.CCC(C)O.CCC(C)OC(C)=O.CCCCCCOC(=O)C(C)CC.CCCOC. The molecule has 1 fully saturated rings. The first-order chi connectivity index (χ1) is 35.0. The highest BCUT2D eigenvalue weighted by Crippen LogP contribution is 2.22. The van der Waals surface area contributed by atoms with Crippen molar-refractivity contribution in [3.05, 3.63) is 0 Å².